The van der Waals surface area contributed by atoms with E-state index in [2.05, 4.69) is 4.98 Å². The van der Waals surface area contributed by atoms with Gasteiger partial charge in [0, 0.05) is 18.0 Å². The van der Waals surface area contributed by atoms with E-state index in [-0.39, 0.29) is 11.4 Å². The highest BCUT2D eigenvalue weighted by Crippen LogP contribution is 2.30. The molecule has 0 radical (unpaired) electrons. The van der Waals surface area contributed by atoms with Crippen LogP contribution >= 0.6 is 0 Å². The Kier molecular flexibility index (Phi) is 4.32. The lowest BCUT2D eigenvalue weighted by Gasteiger charge is -2.12. The largest absolute Gasteiger partial charge is 0.493 e. The lowest BCUT2D eigenvalue weighted by Crippen LogP contribution is -2.22. The fraction of sp³-hybridized carbons (Fsp3) is 0.0476. The Morgan fingerprint density at radius 1 is 0.815 bits per heavy atom. The minimum absolute atomic E-state index is 0.101. The highest BCUT2D eigenvalue weighted by atomic mass is 16.3. The van der Waals surface area contributed by atoms with Crippen LogP contribution in [0.1, 0.15) is 17.2 Å². The summed E-state index contributed by atoms with van der Waals surface area (Å²) in [6.07, 6.45) is 1.75. The number of benzene rings is 2. The molecule has 4 rings (SSSR count). The second-order valence-electron chi connectivity index (χ2n) is 6.03. The molecule has 2 heterocycles. The Morgan fingerprint density at radius 2 is 1.41 bits per heavy atom. The molecule has 2 N–H and O–H groups in total. The zero-order valence-electron chi connectivity index (χ0n) is 14.3. The minimum atomic E-state index is -1.30. The summed E-state index contributed by atoms with van der Waals surface area (Å²) in [4.78, 5) is 17.2. The number of hydrogen-bond acceptors (Lipinski definition) is 4. The first-order valence-corrected chi connectivity index (χ1v) is 8.44. The fourth-order valence-electron chi connectivity index (χ4n) is 3.06. The number of aliphatic hydroxyl groups is 1. The molecule has 1 atom stereocenters. The van der Waals surface area contributed by atoms with E-state index in [1.54, 1.807) is 54.7 Å². The molecule has 2 aromatic carbocycles. The standard InChI is InChI=1S/C21H17N3O3/c25-19(15-8-7-13-22-14-15)18-20(26)23(16-9-3-1-4-10-16)24(21(18)27)17-11-5-2-6-12-17/h1-14,19,25-26H. The number of rotatable bonds is 4. The van der Waals surface area contributed by atoms with Gasteiger partial charge >= 0.3 is 0 Å². The maximum Gasteiger partial charge on any atom is 0.281 e. The molecule has 0 aliphatic heterocycles. The van der Waals surface area contributed by atoms with Crippen LogP contribution in [0.15, 0.2) is 90.0 Å². The Hall–Kier alpha value is -3.64. The van der Waals surface area contributed by atoms with Gasteiger partial charge in [-0.3, -0.25) is 9.78 Å². The van der Waals surface area contributed by atoms with Crippen molar-refractivity contribution < 1.29 is 10.2 Å². The van der Waals surface area contributed by atoms with Gasteiger partial charge in [-0.15, -0.1) is 0 Å². The number of aromatic hydroxyl groups is 1. The van der Waals surface area contributed by atoms with Crippen LogP contribution in [0.2, 0.25) is 0 Å². The van der Waals surface area contributed by atoms with Crippen molar-refractivity contribution in [3.8, 4) is 17.3 Å². The number of pyridine rings is 1. The van der Waals surface area contributed by atoms with E-state index in [0.29, 0.717) is 16.9 Å². The summed E-state index contributed by atoms with van der Waals surface area (Å²) in [5.41, 5.74) is 0.997. The van der Waals surface area contributed by atoms with Gasteiger partial charge in [-0.1, -0.05) is 42.5 Å². The zero-order valence-corrected chi connectivity index (χ0v) is 14.3. The first-order valence-electron chi connectivity index (χ1n) is 8.44. The first kappa shape index (κ1) is 16.8. The number of para-hydroxylation sites is 2. The van der Waals surface area contributed by atoms with Crippen molar-refractivity contribution in [2.75, 3.05) is 0 Å². The number of hydrogen-bond donors (Lipinski definition) is 2. The predicted molar refractivity (Wildman–Crippen MR) is 101 cm³/mol. The summed E-state index contributed by atoms with van der Waals surface area (Å²) in [5, 5.41) is 21.7. The Balaban J connectivity index is 2.00. The SMILES string of the molecule is O=c1c(C(O)c2cccnc2)c(O)n(-c2ccccc2)n1-c1ccccc1. The molecule has 0 aliphatic rings. The van der Waals surface area contributed by atoms with Crippen molar-refractivity contribution in [2.45, 2.75) is 6.10 Å². The summed E-state index contributed by atoms with van der Waals surface area (Å²) < 4.78 is 2.74. The summed E-state index contributed by atoms with van der Waals surface area (Å²) in [5.74, 6) is -0.314. The highest BCUT2D eigenvalue weighted by Gasteiger charge is 2.28. The van der Waals surface area contributed by atoms with Crippen LogP contribution in [0.5, 0.6) is 5.88 Å². The van der Waals surface area contributed by atoms with Crippen LogP contribution in [-0.2, 0) is 0 Å². The summed E-state index contributed by atoms with van der Waals surface area (Å²) in [6.45, 7) is 0. The van der Waals surface area contributed by atoms with E-state index in [1.807, 2.05) is 24.3 Å². The van der Waals surface area contributed by atoms with Crippen molar-refractivity contribution in [1.82, 2.24) is 14.3 Å². The third kappa shape index (κ3) is 2.92. The molecule has 0 aliphatic carbocycles. The van der Waals surface area contributed by atoms with E-state index in [0.717, 1.165) is 0 Å². The van der Waals surface area contributed by atoms with Gasteiger partial charge in [0.05, 0.1) is 11.4 Å². The molecule has 0 spiro atoms. The van der Waals surface area contributed by atoms with Crippen molar-refractivity contribution >= 4 is 0 Å². The van der Waals surface area contributed by atoms with Crippen LogP contribution in [-0.4, -0.2) is 24.6 Å². The topological polar surface area (TPSA) is 80.3 Å². The van der Waals surface area contributed by atoms with Crippen LogP contribution in [0.25, 0.3) is 11.4 Å². The van der Waals surface area contributed by atoms with Gasteiger partial charge in [0.2, 0.25) is 5.88 Å². The zero-order chi connectivity index (χ0) is 18.8. The maximum atomic E-state index is 13.2. The van der Waals surface area contributed by atoms with Gasteiger partial charge in [0.25, 0.3) is 5.56 Å². The molecule has 6 nitrogen and oxygen atoms in total. The summed E-state index contributed by atoms with van der Waals surface area (Å²) in [7, 11) is 0. The van der Waals surface area contributed by atoms with Crippen molar-refractivity contribution in [3.63, 3.8) is 0 Å². The molecular weight excluding hydrogens is 342 g/mol. The molecule has 6 heteroatoms. The second kappa shape index (κ2) is 6.93. The van der Waals surface area contributed by atoms with E-state index in [1.165, 1.54) is 15.6 Å². The van der Waals surface area contributed by atoms with Crippen LogP contribution in [0, 0.1) is 0 Å². The van der Waals surface area contributed by atoms with Gasteiger partial charge in [-0.2, -0.15) is 0 Å². The molecule has 0 fully saturated rings. The lowest BCUT2D eigenvalue weighted by molar-refractivity contribution is 0.213. The van der Waals surface area contributed by atoms with E-state index in [4.69, 9.17) is 0 Å². The monoisotopic (exact) mass is 359 g/mol. The minimum Gasteiger partial charge on any atom is -0.493 e. The van der Waals surface area contributed by atoms with E-state index in [9.17, 15) is 15.0 Å². The average Bonchev–Trinajstić information content (AvgIpc) is 2.99. The van der Waals surface area contributed by atoms with E-state index >= 15 is 0 Å². The van der Waals surface area contributed by atoms with E-state index < -0.39 is 11.7 Å². The van der Waals surface area contributed by atoms with Crippen molar-refractivity contribution in [2.24, 2.45) is 0 Å². The Bertz CT molecular complexity index is 1100. The van der Waals surface area contributed by atoms with Crippen LogP contribution < -0.4 is 5.56 Å². The summed E-state index contributed by atoms with van der Waals surface area (Å²) in [6, 6.07) is 21.3. The predicted octanol–water partition coefficient (Wildman–Crippen LogP) is 2.81. The smallest absolute Gasteiger partial charge is 0.281 e. The number of aliphatic hydroxyl groups excluding tert-OH is 1. The van der Waals surface area contributed by atoms with Gasteiger partial charge in [-0.25, -0.2) is 9.36 Å². The average molecular weight is 359 g/mol. The molecule has 1 unspecified atom stereocenters. The Labute approximate surface area is 155 Å². The lowest BCUT2D eigenvalue weighted by atomic mass is 10.1. The number of aromatic nitrogens is 3. The van der Waals surface area contributed by atoms with Crippen LogP contribution in [0.3, 0.4) is 0 Å². The molecule has 134 valence electrons. The number of nitrogens with zero attached hydrogens (tertiary/aromatic N) is 3. The van der Waals surface area contributed by atoms with Gasteiger partial charge < -0.3 is 10.2 Å². The Morgan fingerprint density at radius 3 is 1.96 bits per heavy atom. The molecule has 0 saturated carbocycles. The summed E-state index contributed by atoms with van der Waals surface area (Å²) >= 11 is 0. The fourth-order valence-corrected chi connectivity index (χ4v) is 3.06. The molecular formula is C21H17N3O3. The highest BCUT2D eigenvalue weighted by molar-refractivity contribution is 5.45. The molecule has 2 aromatic heterocycles. The maximum absolute atomic E-state index is 13.2. The molecule has 27 heavy (non-hydrogen) atoms. The molecule has 0 amide bonds. The molecule has 0 bridgehead atoms. The van der Waals surface area contributed by atoms with Crippen molar-refractivity contribution in [1.29, 1.82) is 0 Å². The quantitative estimate of drug-likeness (QED) is 0.587. The first-order chi connectivity index (χ1) is 13.2. The van der Waals surface area contributed by atoms with Gasteiger partial charge in [-0.05, 0) is 30.3 Å². The van der Waals surface area contributed by atoms with Crippen molar-refractivity contribution in [3.05, 3.63) is 107 Å². The molecule has 0 saturated heterocycles. The third-order valence-electron chi connectivity index (χ3n) is 4.34. The molecule has 4 aromatic rings. The third-order valence-corrected chi connectivity index (χ3v) is 4.34. The normalized spacial score (nSPS) is 12.0. The van der Waals surface area contributed by atoms with Crippen LogP contribution in [0.4, 0.5) is 0 Å². The van der Waals surface area contributed by atoms with Gasteiger partial charge in [0.1, 0.15) is 11.7 Å². The second-order valence-corrected chi connectivity index (χ2v) is 6.03. The van der Waals surface area contributed by atoms with Gasteiger partial charge in [0.15, 0.2) is 0 Å².